The van der Waals surface area contributed by atoms with E-state index in [1.165, 1.54) is 0 Å². The van der Waals surface area contributed by atoms with Crippen LogP contribution in [0.5, 0.6) is 0 Å². The van der Waals surface area contributed by atoms with Gasteiger partial charge in [-0.1, -0.05) is 20.3 Å². The molecule has 0 aliphatic heterocycles. The van der Waals surface area contributed by atoms with Gasteiger partial charge in [-0.05, 0) is 34.0 Å². The summed E-state index contributed by atoms with van der Waals surface area (Å²) in [7, 11) is 1.74. The van der Waals surface area contributed by atoms with Crippen molar-refractivity contribution in [3.05, 3.63) is 22.6 Å². The van der Waals surface area contributed by atoms with Crippen molar-refractivity contribution in [3.8, 4) is 0 Å². The van der Waals surface area contributed by atoms with Gasteiger partial charge in [0.15, 0.2) is 4.67 Å². The number of halogens is 2. The molecular formula is C12H20BrClN2O2. The summed E-state index contributed by atoms with van der Waals surface area (Å²) in [6.45, 7) is 4.45. The van der Waals surface area contributed by atoms with Crippen LogP contribution in [0, 0.1) is 5.92 Å². The summed E-state index contributed by atoms with van der Waals surface area (Å²) in [6.07, 6.45) is 0.896. The van der Waals surface area contributed by atoms with Crippen LogP contribution in [0.1, 0.15) is 26.0 Å². The predicted molar refractivity (Wildman–Crippen MR) is 77.6 cm³/mol. The summed E-state index contributed by atoms with van der Waals surface area (Å²) in [5.41, 5.74) is 5.90. The molecule has 0 aromatic carbocycles. The second kappa shape index (κ2) is 7.81. The lowest BCUT2D eigenvalue weighted by Gasteiger charge is -2.23. The summed E-state index contributed by atoms with van der Waals surface area (Å²) < 4.78 is 6.02. The van der Waals surface area contributed by atoms with E-state index >= 15 is 0 Å². The zero-order valence-electron chi connectivity index (χ0n) is 10.9. The van der Waals surface area contributed by atoms with Crippen molar-refractivity contribution in [2.24, 2.45) is 11.7 Å². The zero-order chi connectivity index (χ0) is 13.0. The third-order valence-electron chi connectivity index (χ3n) is 2.94. The Morgan fingerprint density at radius 1 is 1.56 bits per heavy atom. The summed E-state index contributed by atoms with van der Waals surface area (Å²) in [6, 6.07) is 3.20. The highest BCUT2D eigenvalue weighted by Crippen LogP contribution is 2.16. The number of nitrogens with two attached hydrogens (primary N) is 1. The molecule has 0 aliphatic rings. The van der Waals surface area contributed by atoms with E-state index in [9.17, 15) is 4.79 Å². The molecule has 0 saturated carbocycles. The molecule has 1 heterocycles. The third kappa shape index (κ3) is 4.63. The molecular weight excluding hydrogens is 320 g/mol. The van der Waals surface area contributed by atoms with Crippen molar-refractivity contribution >= 4 is 34.2 Å². The second-order valence-electron chi connectivity index (χ2n) is 4.31. The first-order valence-electron chi connectivity index (χ1n) is 5.70. The van der Waals surface area contributed by atoms with Crippen LogP contribution < -0.4 is 5.73 Å². The van der Waals surface area contributed by atoms with Gasteiger partial charge in [-0.25, -0.2) is 0 Å². The average Bonchev–Trinajstić information content (AvgIpc) is 2.71. The van der Waals surface area contributed by atoms with E-state index in [2.05, 4.69) is 15.9 Å². The fraction of sp³-hybridized carbons (Fsp3) is 0.583. The number of hydrogen-bond donors (Lipinski definition) is 1. The van der Waals surface area contributed by atoms with Crippen LogP contribution in [0.3, 0.4) is 0 Å². The van der Waals surface area contributed by atoms with Crippen molar-refractivity contribution < 1.29 is 9.21 Å². The van der Waals surface area contributed by atoms with Gasteiger partial charge >= 0.3 is 0 Å². The molecule has 0 saturated heterocycles. The predicted octanol–water partition coefficient (Wildman–Crippen LogP) is 2.80. The number of amides is 1. The van der Waals surface area contributed by atoms with E-state index in [4.69, 9.17) is 10.2 Å². The Morgan fingerprint density at radius 2 is 2.17 bits per heavy atom. The molecule has 0 aliphatic carbocycles. The number of nitrogens with zero attached hydrogens (tertiary/aromatic N) is 1. The summed E-state index contributed by atoms with van der Waals surface area (Å²) in [5, 5.41) is 0. The minimum atomic E-state index is -0.441. The van der Waals surface area contributed by atoms with Gasteiger partial charge in [-0.15, -0.1) is 12.4 Å². The molecule has 1 amide bonds. The highest BCUT2D eigenvalue weighted by atomic mass is 79.9. The van der Waals surface area contributed by atoms with Crippen LogP contribution in [0.25, 0.3) is 0 Å². The minimum absolute atomic E-state index is 0. The van der Waals surface area contributed by atoms with Gasteiger partial charge in [-0.2, -0.15) is 0 Å². The highest BCUT2D eigenvalue weighted by molar-refractivity contribution is 9.10. The standard InChI is InChI=1S/C12H19BrN2O2.ClH/c1-4-8(2)11(14)12(16)15(3)7-9-5-6-10(13)17-9;/h5-6,8,11H,4,7,14H2,1-3H3;1H. The number of carbonyl (C=O) groups excluding carboxylic acids is 1. The highest BCUT2D eigenvalue weighted by Gasteiger charge is 2.23. The van der Waals surface area contributed by atoms with Gasteiger partial charge in [0.25, 0.3) is 0 Å². The molecule has 1 rings (SSSR count). The molecule has 0 spiro atoms. The normalized spacial score (nSPS) is 13.6. The van der Waals surface area contributed by atoms with Crippen molar-refractivity contribution in [2.45, 2.75) is 32.9 Å². The maximum atomic E-state index is 12.0. The quantitative estimate of drug-likeness (QED) is 0.897. The molecule has 2 N–H and O–H groups in total. The average molecular weight is 340 g/mol. The number of carbonyl (C=O) groups is 1. The Hall–Kier alpha value is -0.520. The molecule has 6 heteroatoms. The van der Waals surface area contributed by atoms with Crippen molar-refractivity contribution in [3.63, 3.8) is 0 Å². The van der Waals surface area contributed by atoms with Crippen LogP contribution in [-0.2, 0) is 11.3 Å². The molecule has 4 nitrogen and oxygen atoms in total. The Balaban J connectivity index is 0.00000289. The van der Waals surface area contributed by atoms with Gasteiger partial charge < -0.3 is 15.1 Å². The van der Waals surface area contributed by atoms with E-state index in [1.807, 2.05) is 26.0 Å². The van der Waals surface area contributed by atoms with Gasteiger partial charge in [-0.3, -0.25) is 4.79 Å². The monoisotopic (exact) mass is 338 g/mol. The molecule has 0 bridgehead atoms. The first-order valence-corrected chi connectivity index (χ1v) is 6.49. The van der Waals surface area contributed by atoms with E-state index in [0.717, 1.165) is 12.2 Å². The lowest BCUT2D eigenvalue weighted by atomic mass is 9.99. The second-order valence-corrected chi connectivity index (χ2v) is 5.09. The summed E-state index contributed by atoms with van der Waals surface area (Å²) in [5.74, 6) is 0.879. The molecule has 2 unspecified atom stereocenters. The zero-order valence-corrected chi connectivity index (χ0v) is 13.3. The fourth-order valence-electron chi connectivity index (χ4n) is 1.50. The molecule has 0 radical (unpaired) electrons. The van der Waals surface area contributed by atoms with Crippen LogP contribution in [0.4, 0.5) is 0 Å². The van der Waals surface area contributed by atoms with Crippen molar-refractivity contribution in [2.75, 3.05) is 7.05 Å². The van der Waals surface area contributed by atoms with Gasteiger partial charge in [0.05, 0.1) is 12.6 Å². The smallest absolute Gasteiger partial charge is 0.239 e. The maximum Gasteiger partial charge on any atom is 0.239 e. The molecule has 0 fully saturated rings. The van der Waals surface area contributed by atoms with Crippen LogP contribution in [0.15, 0.2) is 21.2 Å². The number of rotatable bonds is 5. The number of likely N-dealkylation sites (N-methyl/N-ethyl adjacent to an activating group) is 1. The Morgan fingerprint density at radius 3 is 2.61 bits per heavy atom. The van der Waals surface area contributed by atoms with Gasteiger partial charge in [0.2, 0.25) is 5.91 Å². The number of furan rings is 1. The third-order valence-corrected chi connectivity index (χ3v) is 3.37. The largest absolute Gasteiger partial charge is 0.452 e. The minimum Gasteiger partial charge on any atom is -0.452 e. The summed E-state index contributed by atoms with van der Waals surface area (Å²) in [4.78, 5) is 13.6. The molecule has 104 valence electrons. The first kappa shape index (κ1) is 17.5. The van der Waals surface area contributed by atoms with Gasteiger partial charge in [0.1, 0.15) is 5.76 Å². The Kier molecular flexibility index (Phi) is 7.59. The van der Waals surface area contributed by atoms with E-state index in [1.54, 1.807) is 11.9 Å². The molecule has 1 aromatic heterocycles. The van der Waals surface area contributed by atoms with Gasteiger partial charge in [0, 0.05) is 7.05 Å². The molecule has 18 heavy (non-hydrogen) atoms. The number of hydrogen-bond acceptors (Lipinski definition) is 3. The van der Waals surface area contributed by atoms with Crippen LogP contribution in [-0.4, -0.2) is 23.9 Å². The SMILES string of the molecule is CCC(C)C(N)C(=O)N(C)Cc1ccc(Br)o1.Cl. The topological polar surface area (TPSA) is 59.5 Å². The van der Waals surface area contributed by atoms with Crippen LogP contribution >= 0.6 is 28.3 Å². The molecule has 2 atom stereocenters. The lowest BCUT2D eigenvalue weighted by Crippen LogP contribution is -2.45. The maximum absolute atomic E-state index is 12.0. The Bertz CT molecular complexity index is 384. The van der Waals surface area contributed by atoms with E-state index in [-0.39, 0.29) is 24.2 Å². The van der Waals surface area contributed by atoms with E-state index in [0.29, 0.717) is 11.2 Å². The lowest BCUT2D eigenvalue weighted by molar-refractivity contribution is -0.133. The van der Waals surface area contributed by atoms with Crippen molar-refractivity contribution in [1.82, 2.24) is 4.90 Å². The van der Waals surface area contributed by atoms with Crippen LogP contribution in [0.2, 0.25) is 0 Å². The van der Waals surface area contributed by atoms with Crippen molar-refractivity contribution in [1.29, 1.82) is 0 Å². The Labute approximate surface area is 122 Å². The first-order chi connectivity index (χ1) is 7.95. The van der Waals surface area contributed by atoms with E-state index < -0.39 is 6.04 Å². The fourth-order valence-corrected chi connectivity index (χ4v) is 1.84. The molecule has 1 aromatic rings. The summed E-state index contributed by atoms with van der Waals surface area (Å²) >= 11 is 3.23.